The molecule has 78 valence electrons. The minimum absolute atomic E-state index is 0.0703. The van der Waals surface area contributed by atoms with Crippen molar-refractivity contribution < 1.29 is 8.42 Å². The molecule has 2 N–H and O–H groups in total. The molecule has 0 amide bonds. The highest BCUT2D eigenvalue weighted by Crippen LogP contribution is 2.22. The van der Waals surface area contributed by atoms with Gasteiger partial charge in [0, 0.05) is 6.26 Å². The molecule has 0 aliphatic rings. The van der Waals surface area contributed by atoms with Crippen molar-refractivity contribution in [3.8, 4) is 0 Å². The summed E-state index contributed by atoms with van der Waals surface area (Å²) in [5, 5.41) is 0. The Morgan fingerprint density at radius 2 is 1.93 bits per heavy atom. The van der Waals surface area contributed by atoms with Gasteiger partial charge in [-0.2, -0.15) is 0 Å². The molecule has 14 heavy (non-hydrogen) atoms. The van der Waals surface area contributed by atoms with Crippen molar-refractivity contribution in [2.24, 2.45) is 5.73 Å². The van der Waals surface area contributed by atoms with Crippen LogP contribution in [-0.2, 0) is 9.84 Å². The summed E-state index contributed by atoms with van der Waals surface area (Å²) in [6, 6.07) is 6.99. The Bertz CT molecular complexity index is 412. The first kappa shape index (κ1) is 11.2. The lowest BCUT2D eigenvalue weighted by Gasteiger charge is -2.12. The molecule has 1 aromatic carbocycles. The fraction of sp³-hybridized carbons (Fsp3) is 0.400. The first-order valence-electron chi connectivity index (χ1n) is 4.46. The molecule has 0 aliphatic heterocycles. The van der Waals surface area contributed by atoms with Crippen LogP contribution in [0, 0.1) is 0 Å². The van der Waals surface area contributed by atoms with Gasteiger partial charge in [0.15, 0.2) is 9.84 Å². The summed E-state index contributed by atoms with van der Waals surface area (Å²) in [6.45, 7) is 2.37. The average molecular weight is 213 g/mol. The Balaban J connectivity index is 3.30. The van der Waals surface area contributed by atoms with Crippen LogP contribution in [0.15, 0.2) is 29.2 Å². The summed E-state index contributed by atoms with van der Waals surface area (Å²) >= 11 is 0. The molecule has 1 aromatic rings. The van der Waals surface area contributed by atoms with Crippen molar-refractivity contribution in [3.05, 3.63) is 29.8 Å². The maximum atomic E-state index is 11.4. The van der Waals surface area contributed by atoms with E-state index in [0.29, 0.717) is 11.4 Å². The standard InChI is InChI=1S/C10H15NO2S/c1-8(7-11)9-5-3-4-6-10(9)14(2,12)13/h3-6,8H,7,11H2,1-2H3. The SMILES string of the molecule is CC(CN)c1ccccc1S(C)(=O)=O. The number of hydrogen-bond acceptors (Lipinski definition) is 3. The highest BCUT2D eigenvalue weighted by Gasteiger charge is 2.15. The molecule has 1 atom stereocenters. The molecule has 0 saturated carbocycles. The number of sulfone groups is 1. The summed E-state index contributed by atoms with van der Waals surface area (Å²) in [5.41, 5.74) is 6.32. The third-order valence-corrected chi connectivity index (χ3v) is 3.37. The number of benzene rings is 1. The Morgan fingerprint density at radius 3 is 2.43 bits per heavy atom. The molecule has 0 fully saturated rings. The van der Waals surface area contributed by atoms with Crippen LogP contribution in [0.5, 0.6) is 0 Å². The number of rotatable bonds is 3. The molecule has 0 radical (unpaired) electrons. The molecule has 0 heterocycles. The van der Waals surface area contributed by atoms with Gasteiger partial charge in [0.05, 0.1) is 4.90 Å². The first-order valence-corrected chi connectivity index (χ1v) is 6.35. The molecule has 0 aliphatic carbocycles. The van der Waals surface area contributed by atoms with E-state index in [9.17, 15) is 8.42 Å². The van der Waals surface area contributed by atoms with Gasteiger partial charge >= 0.3 is 0 Å². The minimum Gasteiger partial charge on any atom is -0.330 e. The smallest absolute Gasteiger partial charge is 0.175 e. The second-order valence-corrected chi connectivity index (χ2v) is 5.43. The Labute approximate surface area is 84.9 Å². The fourth-order valence-electron chi connectivity index (χ4n) is 1.35. The Hall–Kier alpha value is -0.870. The van der Waals surface area contributed by atoms with E-state index in [1.165, 1.54) is 6.26 Å². The topological polar surface area (TPSA) is 60.2 Å². The third-order valence-electron chi connectivity index (χ3n) is 2.20. The Morgan fingerprint density at radius 1 is 1.36 bits per heavy atom. The molecule has 4 heteroatoms. The molecule has 0 saturated heterocycles. The first-order chi connectivity index (χ1) is 6.46. The van der Waals surface area contributed by atoms with Gasteiger partial charge < -0.3 is 5.73 Å². The van der Waals surface area contributed by atoms with Crippen molar-refractivity contribution in [1.82, 2.24) is 0 Å². The zero-order valence-electron chi connectivity index (χ0n) is 8.40. The van der Waals surface area contributed by atoms with Crippen LogP contribution in [0.2, 0.25) is 0 Å². The van der Waals surface area contributed by atoms with Crippen LogP contribution in [0.4, 0.5) is 0 Å². The van der Waals surface area contributed by atoms with E-state index < -0.39 is 9.84 Å². The van der Waals surface area contributed by atoms with Crippen molar-refractivity contribution in [1.29, 1.82) is 0 Å². The summed E-state index contributed by atoms with van der Waals surface area (Å²) < 4.78 is 22.9. The van der Waals surface area contributed by atoms with Gasteiger partial charge in [-0.1, -0.05) is 25.1 Å². The third kappa shape index (κ3) is 2.33. The van der Waals surface area contributed by atoms with Gasteiger partial charge in [-0.15, -0.1) is 0 Å². The van der Waals surface area contributed by atoms with Crippen LogP contribution in [-0.4, -0.2) is 21.2 Å². The van der Waals surface area contributed by atoms with Crippen molar-refractivity contribution in [2.75, 3.05) is 12.8 Å². The van der Waals surface area contributed by atoms with Crippen LogP contribution < -0.4 is 5.73 Å². The van der Waals surface area contributed by atoms with Crippen molar-refractivity contribution >= 4 is 9.84 Å². The average Bonchev–Trinajstić information content (AvgIpc) is 2.15. The zero-order chi connectivity index (χ0) is 10.8. The Kier molecular flexibility index (Phi) is 3.29. The molecule has 0 spiro atoms. The number of nitrogens with two attached hydrogens (primary N) is 1. The van der Waals surface area contributed by atoms with E-state index in [1.807, 2.05) is 19.1 Å². The zero-order valence-corrected chi connectivity index (χ0v) is 9.21. The van der Waals surface area contributed by atoms with Gasteiger partial charge in [0.2, 0.25) is 0 Å². The van der Waals surface area contributed by atoms with Crippen molar-refractivity contribution in [2.45, 2.75) is 17.7 Å². The summed E-state index contributed by atoms with van der Waals surface area (Å²) in [4.78, 5) is 0.387. The quantitative estimate of drug-likeness (QED) is 0.819. The maximum Gasteiger partial charge on any atom is 0.175 e. The lowest BCUT2D eigenvalue weighted by atomic mass is 10.0. The largest absolute Gasteiger partial charge is 0.330 e. The molecule has 0 bridgehead atoms. The van der Waals surface area contributed by atoms with Crippen LogP contribution in [0.25, 0.3) is 0 Å². The second-order valence-electron chi connectivity index (χ2n) is 3.45. The second kappa shape index (κ2) is 4.11. The number of hydrogen-bond donors (Lipinski definition) is 1. The highest BCUT2D eigenvalue weighted by molar-refractivity contribution is 7.90. The van der Waals surface area contributed by atoms with Crippen LogP contribution in [0.3, 0.4) is 0 Å². The molecule has 3 nitrogen and oxygen atoms in total. The van der Waals surface area contributed by atoms with Crippen LogP contribution in [0.1, 0.15) is 18.4 Å². The molecule has 1 unspecified atom stereocenters. The summed E-state index contributed by atoms with van der Waals surface area (Å²) in [5.74, 6) is 0.0703. The molecule has 1 rings (SSSR count). The van der Waals surface area contributed by atoms with Gasteiger partial charge in [-0.05, 0) is 24.1 Å². The van der Waals surface area contributed by atoms with E-state index >= 15 is 0 Å². The molecular weight excluding hydrogens is 198 g/mol. The molecular formula is C10H15NO2S. The van der Waals surface area contributed by atoms with E-state index in [0.717, 1.165) is 5.56 Å². The van der Waals surface area contributed by atoms with Gasteiger partial charge in [-0.3, -0.25) is 0 Å². The summed E-state index contributed by atoms with van der Waals surface area (Å²) in [7, 11) is -3.14. The van der Waals surface area contributed by atoms with Crippen molar-refractivity contribution in [3.63, 3.8) is 0 Å². The summed E-state index contributed by atoms with van der Waals surface area (Å²) in [6.07, 6.45) is 1.22. The highest BCUT2D eigenvalue weighted by atomic mass is 32.2. The maximum absolute atomic E-state index is 11.4. The van der Waals surface area contributed by atoms with Crippen LogP contribution >= 0.6 is 0 Å². The van der Waals surface area contributed by atoms with Gasteiger partial charge in [-0.25, -0.2) is 8.42 Å². The molecule has 0 aromatic heterocycles. The predicted octanol–water partition coefficient (Wildman–Crippen LogP) is 1.15. The van der Waals surface area contributed by atoms with Gasteiger partial charge in [0.1, 0.15) is 0 Å². The van der Waals surface area contributed by atoms with Gasteiger partial charge in [0.25, 0.3) is 0 Å². The van der Waals surface area contributed by atoms with E-state index in [4.69, 9.17) is 5.73 Å². The fourth-order valence-corrected chi connectivity index (χ4v) is 2.38. The normalized spacial score (nSPS) is 13.9. The lowest BCUT2D eigenvalue weighted by molar-refractivity contribution is 0.599. The minimum atomic E-state index is -3.14. The van der Waals surface area contributed by atoms with E-state index in [2.05, 4.69) is 0 Å². The lowest BCUT2D eigenvalue weighted by Crippen LogP contribution is -2.12. The predicted molar refractivity (Wildman–Crippen MR) is 57.0 cm³/mol. The monoisotopic (exact) mass is 213 g/mol. The van der Waals surface area contributed by atoms with E-state index in [1.54, 1.807) is 12.1 Å². The van der Waals surface area contributed by atoms with E-state index in [-0.39, 0.29) is 5.92 Å².